The number of halogens is 1. The van der Waals surface area contributed by atoms with Crippen molar-refractivity contribution in [2.75, 3.05) is 7.05 Å². The first-order valence-electron chi connectivity index (χ1n) is 9.44. The summed E-state index contributed by atoms with van der Waals surface area (Å²) in [5.74, 6) is -1.12. The molecule has 0 aromatic heterocycles. The van der Waals surface area contributed by atoms with Crippen LogP contribution in [0.15, 0.2) is 60.3 Å². The normalized spacial score (nSPS) is 20.5. The number of rotatable bonds is 5. The van der Waals surface area contributed by atoms with Gasteiger partial charge >= 0.3 is 0 Å². The molecular formula is C23H22FN3O2. The van der Waals surface area contributed by atoms with E-state index in [2.05, 4.69) is 5.32 Å². The van der Waals surface area contributed by atoms with Gasteiger partial charge in [-0.3, -0.25) is 9.59 Å². The summed E-state index contributed by atoms with van der Waals surface area (Å²) < 4.78 is 14.1. The zero-order valence-electron chi connectivity index (χ0n) is 16.4. The number of piperazine rings is 1. The van der Waals surface area contributed by atoms with E-state index >= 15 is 0 Å². The maximum atomic E-state index is 14.1. The van der Waals surface area contributed by atoms with E-state index in [1.165, 1.54) is 29.2 Å². The lowest BCUT2D eigenvalue weighted by Gasteiger charge is -2.41. The average Bonchev–Trinajstić information content (AvgIpc) is 2.73. The van der Waals surface area contributed by atoms with Crippen LogP contribution in [0.2, 0.25) is 0 Å². The Balaban J connectivity index is 1.88. The molecule has 0 aliphatic carbocycles. The van der Waals surface area contributed by atoms with Gasteiger partial charge < -0.3 is 10.2 Å². The molecule has 0 spiro atoms. The molecule has 1 aliphatic rings. The minimum Gasteiger partial charge on any atom is -0.336 e. The molecule has 1 atom stereocenters. The van der Waals surface area contributed by atoms with Crippen LogP contribution in [-0.4, -0.2) is 29.3 Å². The number of carbonyl (C=O) groups excluding carboxylic acids is 2. The Labute approximate surface area is 169 Å². The highest BCUT2D eigenvalue weighted by atomic mass is 19.1. The third kappa shape index (κ3) is 3.90. The number of benzene rings is 2. The van der Waals surface area contributed by atoms with Crippen LogP contribution in [0, 0.1) is 17.1 Å². The van der Waals surface area contributed by atoms with Crippen LogP contribution in [0.3, 0.4) is 0 Å². The highest BCUT2D eigenvalue weighted by Gasteiger charge is 2.46. The molecule has 1 saturated heterocycles. The number of amides is 2. The summed E-state index contributed by atoms with van der Waals surface area (Å²) >= 11 is 0. The molecule has 1 N–H and O–H groups in total. The standard InChI is InChI=1S/C23H22FN3O2/c1-3-23(14-16-8-5-4-6-9-16)22(29)27(2)20(21(28)26-23)13-12-18-17(15-25)10-7-11-19(18)24/h4-11,13H,3,12,14H2,1-2H3,(H,26,28). The van der Waals surface area contributed by atoms with Crippen molar-refractivity contribution in [2.45, 2.75) is 31.7 Å². The van der Waals surface area contributed by atoms with Crippen LogP contribution in [0.5, 0.6) is 0 Å². The predicted octanol–water partition coefficient (Wildman–Crippen LogP) is 3.10. The lowest BCUT2D eigenvalue weighted by molar-refractivity contribution is -0.144. The number of allylic oxidation sites excluding steroid dienone is 1. The molecule has 3 rings (SSSR count). The summed E-state index contributed by atoms with van der Waals surface area (Å²) in [4.78, 5) is 27.4. The fourth-order valence-electron chi connectivity index (χ4n) is 3.65. The van der Waals surface area contributed by atoms with Gasteiger partial charge in [0, 0.05) is 19.0 Å². The lowest BCUT2D eigenvalue weighted by Crippen LogP contribution is -2.65. The Morgan fingerprint density at radius 1 is 1.17 bits per heavy atom. The van der Waals surface area contributed by atoms with Crippen molar-refractivity contribution in [3.05, 3.63) is 82.8 Å². The Bertz CT molecular complexity index is 1010. The van der Waals surface area contributed by atoms with E-state index in [0.717, 1.165) is 5.56 Å². The number of nitrogens with one attached hydrogen (secondary N) is 1. The third-order valence-electron chi connectivity index (χ3n) is 5.35. The van der Waals surface area contributed by atoms with E-state index in [-0.39, 0.29) is 35.1 Å². The molecular weight excluding hydrogens is 369 g/mol. The van der Waals surface area contributed by atoms with Crippen molar-refractivity contribution in [2.24, 2.45) is 0 Å². The van der Waals surface area contributed by atoms with Crippen LogP contribution in [0.4, 0.5) is 4.39 Å². The molecule has 1 aliphatic heterocycles. The molecule has 1 unspecified atom stereocenters. The van der Waals surface area contributed by atoms with Crippen molar-refractivity contribution >= 4 is 11.8 Å². The molecule has 0 radical (unpaired) electrons. The van der Waals surface area contributed by atoms with Crippen molar-refractivity contribution in [1.82, 2.24) is 10.2 Å². The third-order valence-corrected chi connectivity index (χ3v) is 5.35. The molecule has 0 saturated carbocycles. The summed E-state index contributed by atoms with van der Waals surface area (Å²) in [7, 11) is 1.55. The van der Waals surface area contributed by atoms with Crippen molar-refractivity contribution in [1.29, 1.82) is 5.26 Å². The van der Waals surface area contributed by atoms with Crippen molar-refractivity contribution in [3.63, 3.8) is 0 Å². The summed E-state index contributed by atoms with van der Waals surface area (Å²) in [6.07, 6.45) is 2.36. The average molecular weight is 391 g/mol. The molecule has 2 amide bonds. The van der Waals surface area contributed by atoms with Gasteiger partial charge in [-0.2, -0.15) is 5.26 Å². The summed E-state index contributed by atoms with van der Waals surface area (Å²) in [5.41, 5.74) is 0.486. The topological polar surface area (TPSA) is 73.2 Å². The number of hydrogen-bond acceptors (Lipinski definition) is 3. The van der Waals surface area contributed by atoms with Gasteiger partial charge in [-0.1, -0.05) is 49.4 Å². The second-order valence-electron chi connectivity index (χ2n) is 7.09. The SMILES string of the molecule is CCC1(Cc2ccccc2)NC(=O)C(=CCc2c(F)cccc2C#N)N(C)C1=O. The molecule has 0 bridgehead atoms. The van der Waals surface area contributed by atoms with E-state index in [1.807, 2.05) is 43.3 Å². The summed E-state index contributed by atoms with van der Waals surface area (Å²) in [6.45, 7) is 1.86. The molecule has 29 heavy (non-hydrogen) atoms. The Hall–Kier alpha value is -3.46. The maximum absolute atomic E-state index is 14.1. The largest absolute Gasteiger partial charge is 0.336 e. The fraction of sp³-hybridized carbons (Fsp3) is 0.261. The van der Waals surface area contributed by atoms with Crippen LogP contribution < -0.4 is 5.32 Å². The van der Waals surface area contributed by atoms with Gasteiger partial charge in [0.2, 0.25) is 0 Å². The first-order valence-corrected chi connectivity index (χ1v) is 9.44. The molecule has 6 heteroatoms. The fourth-order valence-corrected chi connectivity index (χ4v) is 3.65. The van der Waals surface area contributed by atoms with Gasteiger partial charge in [-0.05, 0) is 30.5 Å². The van der Waals surface area contributed by atoms with Crippen molar-refractivity contribution in [3.8, 4) is 6.07 Å². The second-order valence-corrected chi connectivity index (χ2v) is 7.09. The minimum atomic E-state index is -1.03. The van der Waals surface area contributed by atoms with Gasteiger partial charge in [0.05, 0.1) is 11.6 Å². The molecule has 2 aromatic carbocycles. The van der Waals surface area contributed by atoms with Crippen LogP contribution in [0.25, 0.3) is 0 Å². The van der Waals surface area contributed by atoms with Crippen LogP contribution >= 0.6 is 0 Å². The first-order chi connectivity index (χ1) is 13.9. The lowest BCUT2D eigenvalue weighted by atomic mass is 9.84. The Morgan fingerprint density at radius 2 is 1.90 bits per heavy atom. The molecule has 5 nitrogen and oxygen atoms in total. The van der Waals surface area contributed by atoms with Crippen LogP contribution in [0.1, 0.15) is 30.0 Å². The smallest absolute Gasteiger partial charge is 0.268 e. The summed E-state index contributed by atoms with van der Waals surface area (Å²) in [5, 5.41) is 12.1. The van der Waals surface area contributed by atoms with Gasteiger partial charge in [0.25, 0.3) is 11.8 Å². The zero-order chi connectivity index (χ0) is 21.0. The van der Waals surface area contributed by atoms with E-state index in [1.54, 1.807) is 7.05 Å². The Kier molecular flexibility index (Phi) is 5.79. The van der Waals surface area contributed by atoms with Crippen LogP contribution in [-0.2, 0) is 22.4 Å². The van der Waals surface area contributed by atoms with E-state index in [0.29, 0.717) is 12.8 Å². The van der Waals surface area contributed by atoms with Gasteiger partial charge in [0.1, 0.15) is 17.1 Å². The van der Waals surface area contributed by atoms with Crippen molar-refractivity contribution < 1.29 is 14.0 Å². The number of hydrogen-bond donors (Lipinski definition) is 1. The molecule has 1 heterocycles. The van der Waals surface area contributed by atoms with E-state index in [4.69, 9.17) is 0 Å². The number of nitriles is 1. The highest BCUT2D eigenvalue weighted by molar-refractivity contribution is 6.06. The quantitative estimate of drug-likeness (QED) is 0.796. The van der Waals surface area contributed by atoms with E-state index in [9.17, 15) is 19.2 Å². The second kappa shape index (κ2) is 8.27. The summed E-state index contributed by atoms with van der Waals surface area (Å²) in [6, 6.07) is 15.7. The minimum absolute atomic E-state index is 0.0355. The monoisotopic (exact) mass is 391 g/mol. The first kappa shape index (κ1) is 20.3. The Morgan fingerprint density at radius 3 is 2.55 bits per heavy atom. The molecule has 1 fully saturated rings. The maximum Gasteiger partial charge on any atom is 0.268 e. The number of carbonyl (C=O) groups is 2. The highest BCUT2D eigenvalue weighted by Crippen LogP contribution is 2.27. The van der Waals surface area contributed by atoms with Gasteiger partial charge in [0.15, 0.2) is 0 Å². The molecule has 148 valence electrons. The molecule has 2 aromatic rings. The van der Waals surface area contributed by atoms with Gasteiger partial charge in [-0.15, -0.1) is 0 Å². The number of nitrogens with zero attached hydrogens (tertiary/aromatic N) is 2. The number of likely N-dealkylation sites (N-methyl/N-ethyl adjacent to an activating group) is 1. The van der Waals surface area contributed by atoms with Gasteiger partial charge in [-0.25, -0.2) is 4.39 Å². The predicted molar refractivity (Wildman–Crippen MR) is 107 cm³/mol. The van der Waals surface area contributed by atoms with E-state index < -0.39 is 11.4 Å². The zero-order valence-corrected chi connectivity index (χ0v) is 16.4.